The molecule has 2 aliphatic heterocycles. The average molecular weight is 438 g/mol. The fourth-order valence-corrected chi connectivity index (χ4v) is 3.56. The fraction of sp³-hybridized carbons (Fsp3) is 0.941. The van der Waals surface area contributed by atoms with Crippen LogP contribution in [0.5, 0.6) is 0 Å². The highest BCUT2D eigenvalue weighted by molar-refractivity contribution is 14.0. The lowest BCUT2D eigenvalue weighted by molar-refractivity contribution is -0.0370. The van der Waals surface area contributed by atoms with Gasteiger partial charge in [-0.05, 0) is 46.5 Å². The number of rotatable bonds is 3. The van der Waals surface area contributed by atoms with Crippen LogP contribution in [0.3, 0.4) is 0 Å². The molecular formula is C17H35IN4O. The topological polar surface area (TPSA) is 48.9 Å². The van der Waals surface area contributed by atoms with Gasteiger partial charge in [-0.2, -0.15) is 0 Å². The van der Waals surface area contributed by atoms with E-state index in [0.717, 1.165) is 45.4 Å². The highest BCUT2D eigenvalue weighted by atomic mass is 127. The number of likely N-dealkylation sites (tertiary alicyclic amines) is 1. The number of hydrogen-bond donors (Lipinski definition) is 2. The van der Waals surface area contributed by atoms with E-state index in [1.807, 2.05) is 7.05 Å². The maximum absolute atomic E-state index is 5.76. The van der Waals surface area contributed by atoms with Gasteiger partial charge in [0, 0.05) is 50.8 Å². The molecular weight excluding hydrogens is 403 g/mol. The number of aliphatic imine (C=N–C) groups is 1. The molecule has 2 heterocycles. The summed E-state index contributed by atoms with van der Waals surface area (Å²) in [4.78, 5) is 6.91. The van der Waals surface area contributed by atoms with Crippen LogP contribution in [0.15, 0.2) is 4.99 Å². The molecule has 2 saturated heterocycles. The number of nitrogens with zero attached hydrogens (tertiary/aromatic N) is 2. The van der Waals surface area contributed by atoms with Crippen LogP contribution in [-0.4, -0.2) is 62.8 Å². The standard InChI is InChI=1S/C17H34N4O.HI/c1-16(2,3)20-10-9-19-15(18-4)21-11-5-7-17(13-21)8-6-12-22-14-17;/h20H,5-14H2,1-4H3,(H,18,19);1H. The lowest BCUT2D eigenvalue weighted by Crippen LogP contribution is -2.54. The zero-order valence-corrected chi connectivity index (χ0v) is 17.6. The Hall–Kier alpha value is -0.0800. The van der Waals surface area contributed by atoms with Crippen LogP contribution in [0.4, 0.5) is 0 Å². The van der Waals surface area contributed by atoms with Crippen molar-refractivity contribution in [2.75, 3.05) is 46.4 Å². The molecule has 23 heavy (non-hydrogen) atoms. The van der Waals surface area contributed by atoms with Crippen LogP contribution in [0, 0.1) is 5.41 Å². The molecule has 5 nitrogen and oxygen atoms in total. The molecule has 2 fully saturated rings. The first-order valence-corrected chi connectivity index (χ1v) is 8.73. The summed E-state index contributed by atoms with van der Waals surface area (Å²) in [5, 5.41) is 7.01. The van der Waals surface area contributed by atoms with Gasteiger partial charge < -0.3 is 20.3 Å². The third-order valence-electron chi connectivity index (χ3n) is 4.64. The van der Waals surface area contributed by atoms with Gasteiger partial charge in [0.15, 0.2) is 5.96 Å². The molecule has 0 aromatic carbocycles. The smallest absolute Gasteiger partial charge is 0.193 e. The molecule has 0 aromatic rings. The molecule has 1 spiro atoms. The van der Waals surface area contributed by atoms with E-state index in [1.54, 1.807) is 0 Å². The molecule has 1 atom stereocenters. The van der Waals surface area contributed by atoms with E-state index in [0.29, 0.717) is 5.41 Å². The van der Waals surface area contributed by atoms with Crippen molar-refractivity contribution in [2.24, 2.45) is 10.4 Å². The van der Waals surface area contributed by atoms with Crippen molar-refractivity contribution in [2.45, 2.75) is 52.0 Å². The number of guanidine groups is 1. The lowest BCUT2D eigenvalue weighted by atomic mass is 9.76. The van der Waals surface area contributed by atoms with E-state index in [4.69, 9.17) is 4.74 Å². The Morgan fingerprint density at radius 2 is 1.96 bits per heavy atom. The summed E-state index contributed by atoms with van der Waals surface area (Å²) < 4.78 is 5.76. The van der Waals surface area contributed by atoms with Crippen molar-refractivity contribution < 1.29 is 4.74 Å². The van der Waals surface area contributed by atoms with Gasteiger partial charge in [0.2, 0.25) is 0 Å². The molecule has 0 aromatic heterocycles. The van der Waals surface area contributed by atoms with Gasteiger partial charge in [-0.3, -0.25) is 4.99 Å². The van der Waals surface area contributed by atoms with Gasteiger partial charge in [-0.1, -0.05) is 0 Å². The van der Waals surface area contributed by atoms with Crippen LogP contribution in [0.1, 0.15) is 46.5 Å². The maximum atomic E-state index is 5.76. The monoisotopic (exact) mass is 438 g/mol. The Labute approximate surface area is 159 Å². The average Bonchev–Trinajstić information content (AvgIpc) is 2.47. The second-order valence-corrected chi connectivity index (χ2v) is 7.83. The van der Waals surface area contributed by atoms with Gasteiger partial charge in [-0.15, -0.1) is 24.0 Å². The Morgan fingerprint density at radius 1 is 1.22 bits per heavy atom. The van der Waals surface area contributed by atoms with Gasteiger partial charge in [0.25, 0.3) is 0 Å². The van der Waals surface area contributed by atoms with Gasteiger partial charge in [0.05, 0.1) is 6.61 Å². The third kappa shape index (κ3) is 6.74. The summed E-state index contributed by atoms with van der Waals surface area (Å²) in [6.45, 7) is 12.5. The van der Waals surface area contributed by atoms with E-state index in [2.05, 4.69) is 41.3 Å². The number of ether oxygens (including phenoxy) is 1. The molecule has 2 rings (SSSR count). The first-order valence-electron chi connectivity index (χ1n) is 8.73. The number of hydrogen-bond acceptors (Lipinski definition) is 3. The predicted octanol–water partition coefficient (Wildman–Crippen LogP) is 2.46. The Balaban J connectivity index is 0.00000264. The molecule has 0 bridgehead atoms. The number of nitrogens with one attached hydrogen (secondary N) is 2. The first kappa shape index (κ1) is 21.0. The highest BCUT2D eigenvalue weighted by Crippen LogP contribution is 2.37. The minimum Gasteiger partial charge on any atom is -0.381 e. The molecule has 2 aliphatic rings. The van der Waals surface area contributed by atoms with Crippen molar-refractivity contribution >= 4 is 29.9 Å². The van der Waals surface area contributed by atoms with Crippen molar-refractivity contribution in [3.05, 3.63) is 0 Å². The van der Waals surface area contributed by atoms with Crippen LogP contribution in [0.25, 0.3) is 0 Å². The predicted molar refractivity (Wildman–Crippen MR) is 108 cm³/mol. The Kier molecular flexibility index (Phi) is 8.58. The number of piperidine rings is 1. The molecule has 0 amide bonds. The third-order valence-corrected chi connectivity index (χ3v) is 4.64. The fourth-order valence-electron chi connectivity index (χ4n) is 3.56. The SMILES string of the molecule is CN=C(NCCNC(C)(C)C)N1CCCC2(CCCOC2)C1.I. The Bertz CT molecular complexity index is 370. The van der Waals surface area contributed by atoms with Crippen molar-refractivity contribution in [3.63, 3.8) is 0 Å². The van der Waals surface area contributed by atoms with E-state index >= 15 is 0 Å². The van der Waals surface area contributed by atoms with Crippen LogP contribution in [0.2, 0.25) is 0 Å². The largest absolute Gasteiger partial charge is 0.381 e. The van der Waals surface area contributed by atoms with Gasteiger partial charge in [0.1, 0.15) is 0 Å². The van der Waals surface area contributed by atoms with E-state index < -0.39 is 0 Å². The molecule has 0 saturated carbocycles. The molecule has 6 heteroatoms. The summed E-state index contributed by atoms with van der Waals surface area (Å²) in [7, 11) is 1.89. The lowest BCUT2D eigenvalue weighted by Gasteiger charge is -2.45. The molecule has 0 aliphatic carbocycles. The van der Waals surface area contributed by atoms with Crippen molar-refractivity contribution in [3.8, 4) is 0 Å². The summed E-state index contributed by atoms with van der Waals surface area (Å²) in [6.07, 6.45) is 5.04. The first-order chi connectivity index (χ1) is 10.4. The van der Waals surface area contributed by atoms with Crippen LogP contribution >= 0.6 is 24.0 Å². The zero-order valence-electron chi connectivity index (χ0n) is 15.3. The second kappa shape index (κ2) is 9.42. The van der Waals surface area contributed by atoms with Crippen LogP contribution in [-0.2, 0) is 4.74 Å². The van der Waals surface area contributed by atoms with E-state index in [1.165, 1.54) is 25.7 Å². The van der Waals surface area contributed by atoms with E-state index in [9.17, 15) is 0 Å². The summed E-state index contributed by atoms with van der Waals surface area (Å²) in [5.74, 6) is 1.04. The highest BCUT2D eigenvalue weighted by Gasteiger charge is 2.38. The molecule has 1 unspecified atom stereocenters. The minimum absolute atomic E-state index is 0. The maximum Gasteiger partial charge on any atom is 0.193 e. The summed E-state index contributed by atoms with van der Waals surface area (Å²) in [6, 6.07) is 0. The van der Waals surface area contributed by atoms with Crippen molar-refractivity contribution in [1.82, 2.24) is 15.5 Å². The zero-order chi connectivity index (χ0) is 16.1. The van der Waals surface area contributed by atoms with Gasteiger partial charge in [-0.25, -0.2) is 0 Å². The molecule has 136 valence electrons. The van der Waals surface area contributed by atoms with Crippen LogP contribution < -0.4 is 10.6 Å². The second-order valence-electron chi connectivity index (χ2n) is 7.83. The van der Waals surface area contributed by atoms with E-state index in [-0.39, 0.29) is 29.5 Å². The van der Waals surface area contributed by atoms with Gasteiger partial charge >= 0.3 is 0 Å². The molecule has 2 N–H and O–H groups in total. The Morgan fingerprint density at radius 3 is 2.57 bits per heavy atom. The van der Waals surface area contributed by atoms with Crippen molar-refractivity contribution in [1.29, 1.82) is 0 Å². The minimum atomic E-state index is 0. The summed E-state index contributed by atoms with van der Waals surface area (Å²) in [5.41, 5.74) is 0.525. The quantitative estimate of drug-likeness (QED) is 0.308. The summed E-state index contributed by atoms with van der Waals surface area (Å²) >= 11 is 0. The number of halogens is 1. The molecule has 0 radical (unpaired) electrons. The normalized spacial score (nSPS) is 26.1.